The number of halogens is 5. The number of nitrogens with zero attached hydrogens (tertiary/aromatic N) is 2. The smallest absolute Gasteiger partial charge is 0.490 e. The fourth-order valence-corrected chi connectivity index (χ4v) is 3.28. The Bertz CT molecular complexity index is 1130. The maximum atomic E-state index is 10.6. The van der Waals surface area contributed by atoms with Crippen LogP contribution in [0.3, 0.4) is 0 Å². The van der Waals surface area contributed by atoms with Crippen molar-refractivity contribution in [1.82, 2.24) is 9.97 Å². The summed E-state index contributed by atoms with van der Waals surface area (Å²) in [5, 5.41) is 14.0. The third-order valence-electron chi connectivity index (χ3n) is 3.96. The normalized spacial score (nSPS) is 12.7. The average molecular weight is 532 g/mol. The van der Waals surface area contributed by atoms with Crippen LogP contribution in [0, 0.1) is 0 Å². The average Bonchev–Trinajstić information content (AvgIpc) is 2.70. The summed E-state index contributed by atoms with van der Waals surface area (Å²) < 4.78 is 38.6. The second-order valence-corrected chi connectivity index (χ2v) is 7.74. The molecule has 3 N–H and O–H groups in total. The molecule has 7 nitrogen and oxygen atoms in total. The quantitative estimate of drug-likeness (QED) is 0.330. The van der Waals surface area contributed by atoms with Crippen molar-refractivity contribution < 1.29 is 27.8 Å². The van der Waals surface area contributed by atoms with Crippen molar-refractivity contribution in [3.8, 4) is 5.75 Å². The zero-order valence-corrected chi connectivity index (χ0v) is 18.4. The molecule has 1 aliphatic heterocycles. The van der Waals surface area contributed by atoms with Crippen LogP contribution < -0.4 is 15.4 Å². The van der Waals surface area contributed by atoms with Gasteiger partial charge >= 0.3 is 12.1 Å². The molecule has 168 valence electrons. The van der Waals surface area contributed by atoms with E-state index in [4.69, 9.17) is 26.2 Å². The van der Waals surface area contributed by atoms with Gasteiger partial charge in [-0.3, -0.25) is 0 Å². The third-order valence-corrected chi connectivity index (χ3v) is 4.69. The van der Waals surface area contributed by atoms with Gasteiger partial charge in [0, 0.05) is 28.3 Å². The Morgan fingerprint density at radius 3 is 2.62 bits per heavy atom. The zero-order chi connectivity index (χ0) is 23.3. The van der Waals surface area contributed by atoms with Gasteiger partial charge in [-0.25, -0.2) is 9.78 Å². The molecule has 1 aromatic heterocycles. The first kappa shape index (κ1) is 23.6. The van der Waals surface area contributed by atoms with E-state index in [2.05, 4.69) is 48.7 Å². The molecule has 12 heteroatoms. The second kappa shape index (κ2) is 10.0. The lowest BCUT2D eigenvalue weighted by atomic mass is 10.1. The SMILES string of the molecule is Clc1cnc2nc1Nc1cccc(c1)OCCc1cc(Br)cc(c1)N2.O=C(O)C(F)(F)F. The van der Waals surface area contributed by atoms with Crippen molar-refractivity contribution in [3.63, 3.8) is 0 Å². The second-order valence-electron chi connectivity index (χ2n) is 6.42. The molecular formula is C20H15BrClF3N4O3. The lowest BCUT2D eigenvalue weighted by molar-refractivity contribution is -0.192. The number of aromatic nitrogens is 2. The molecule has 3 aromatic rings. The molecule has 2 heterocycles. The molecular weight excluding hydrogens is 517 g/mol. The number of fused-ring (bicyclic) bond motifs is 6. The number of rotatable bonds is 0. The van der Waals surface area contributed by atoms with Crippen molar-refractivity contribution in [2.24, 2.45) is 0 Å². The topological polar surface area (TPSA) is 96.4 Å². The molecule has 0 radical (unpaired) electrons. The van der Waals surface area contributed by atoms with Crippen LogP contribution in [-0.2, 0) is 11.2 Å². The van der Waals surface area contributed by atoms with Crippen LogP contribution in [0.2, 0.25) is 5.02 Å². The number of ether oxygens (including phenoxy) is 1. The number of alkyl halides is 3. The minimum absolute atomic E-state index is 0.443. The van der Waals surface area contributed by atoms with E-state index in [0.717, 1.165) is 33.6 Å². The summed E-state index contributed by atoms with van der Waals surface area (Å²) >= 11 is 9.77. The molecule has 0 saturated carbocycles. The maximum Gasteiger partial charge on any atom is 0.490 e. The fraction of sp³-hybridized carbons (Fsp3) is 0.150. The minimum atomic E-state index is -5.08. The van der Waals surface area contributed by atoms with Gasteiger partial charge in [0.1, 0.15) is 10.8 Å². The standard InChI is InChI=1S/C18H14BrClN4O.C2HF3O2/c19-12-6-11-4-5-25-15-3-1-2-13(9-15)22-17-16(20)10-21-18(24-17)23-14(7-11)8-12;3-2(4,5)1(6)7/h1-3,6-10H,4-5H2,(H2,21,22,23,24);(H,6,7). The van der Waals surface area contributed by atoms with Gasteiger partial charge in [-0.15, -0.1) is 0 Å². The van der Waals surface area contributed by atoms with Gasteiger partial charge in [-0.2, -0.15) is 18.2 Å². The highest BCUT2D eigenvalue weighted by atomic mass is 79.9. The van der Waals surface area contributed by atoms with Crippen LogP contribution in [0.15, 0.2) is 53.1 Å². The highest BCUT2D eigenvalue weighted by molar-refractivity contribution is 9.10. The van der Waals surface area contributed by atoms with Crippen LogP contribution >= 0.6 is 27.5 Å². The van der Waals surface area contributed by atoms with Crippen molar-refractivity contribution in [2.45, 2.75) is 12.6 Å². The number of nitrogens with one attached hydrogen (secondary N) is 2. The number of aliphatic carboxylic acids is 1. The van der Waals surface area contributed by atoms with Crippen LogP contribution in [0.5, 0.6) is 5.75 Å². The van der Waals surface area contributed by atoms with Gasteiger partial charge in [0.15, 0.2) is 5.82 Å². The number of benzene rings is 2. The maximum absolute atomic E-state index is 10.6. The third kappa shape index (κ3) is 6.72. The highest BCUT2D eigenvalue weighted by Gasteiger charge is 2.38. The lowest BCUT2D eigenvalue weighted by Gasteiger charge is -2.14. The van der Waals surface area contributed by atoms with Crippen LogP contribution in [-0.4, -0.2) is 33.8 Å². The monoisotopic (exact) mass is 530 g/mol. The first-order valence-electron chi connectivity index (χ1n) is 8.99. The molecule has 0 amide bonds. The predicted octanol–water partition coefficient (Wildman–Crippen LogP) is 5.95. The van der Waals surface area contributed by atoms with E-state index in [1.807, 2.05) is 30.3 Å². The molecule has 0 spiro atoms. The Labute approximate surface area is 193 Å². The summed E-state index contributed by atoms with van der Waals surface area (Å²) in [5.74, 6) is -0.961. The highest BCUT2D eigenvalue weighted by Crippen LogP contribution is 2.28. The summed E-state index contributed by atoms with van der Waals surface area (Å²) in [6, 6.07) is 13.8. The van der Waals surface area contributed by atoms with E-state index in [0.29, 0.717) is 23.4 Å². The molecule has 32 heavy (non-hydrogen) atoms. The lowest BCUT2D eigenvalue weighted by Crippen LogP contribution is -2.21. The molecule has 0 unspecified atom stereocenters. The van der Waals surface area contributed by atoms with Crippen LogP contribution in [0.4, 0.5) is 36.3 Å². The first-order chi connectivity index (χ1) is 15.1. The van der Waals surface area contributed by atoms with Crippen molar-refractivity contribution in [3.05, 3.63) is 63.7 Å². The predicted molar refractivity (Wildman–Crippen MR) is 117 cm³/mol. The molecule has 4 rings (SSSR count). The van der Waals surface area contributed by atoms with Gasteiger partial charge in [0.25, 0.3) is 0 Å². The minimum Gasteiger partial charge on any atom is -0.493 e. The Morgan fingerprint density at radius 1 is 1.16 bits per heavy atom. The molecule has 0 aliphatic carbocycles. The zero-order valence-electron chi connectivity index (χ0n) is 16.1. The molecule has 1 aliphatic rings. The number of carbonyl (C=O) groups is 1. The summed E-state index contributed by atoms with van der Waals surface area (Å²) in [6.45, 7) is 0.585. The van der Waals surface area contributed by atoms with E-state index in [1.54, 1.807) is 6.20 Å². The van der Waals surface area contributed by atoms with Gasteiger partial charge in [0.05, 0.1) is 12.8 Å². The Hall–Kier alpha value is -3.05. The van der Waals surface area contributed by atoms with E-state index in [9.17, 15) is 13.2 Å². The van der Waals surface area contributed by atoms with Crippen molar-refractivity contribution in [1.29, 1.82) is 0 Å². The van der Waals surface area contributed by atoms with E-state index in [-0.39, 0.29) is 0 Å². The first-order valence-corrected chi connectivity index (χ1v) is 10.2. The van der Waals surface area contributed by atoms with Crippen LogP contribution in [0.25, 0.3) is 0 Å². The molecule has 0 fully saturated rings. The molecule has 6 bridgehead atoms. The summed E-state index contributed by atoms with van der Waals surface area (Å²) in [6.07, 6.45) is -2.72. The molecule has 2 aromatic carbocycles. The summed E-state index contributed by atoms with van der Waals surface area (Å²) in [4.78, 5) is 17.6. The van der Waals surface area contributed by atoms with Gasteiger partial charge in [-0.1, -0.05) is 33.6 Å². The van der Waals surface area contributed by atoms with Crippen molar-refractivity contribution in [2.75, 3.05) is 17.2 Å². The Balaban J connectivity index is 0.000000360. The van der Waals surface area contributed by atoms with E-state index in [1.165, 1.54) is 0 Å². The number of hydrogen-bond donors (Lipinski definition) is 3. The molecule has 0 saturated heterocycles. The Morgan fingerprint density at radius 2 is 1.91 bits per heavy atom. The van der Waals surface area contributed by atoms with Gasteiger partial charge < -0.3 is 20.5 Å². The van der Waals surface area contributed by atoms with E-state index < -0.39 is 12.1 Å². The van der Waals surface area contributed by atoms with Gasteiger partial charge in [-0.05, 0) is 35.9 Å². The fourth-order valence-electron chi connectivity index (χ4n) is 2.60. The molecule has 0 atom stereocenters. The Kier molecular flexibility index (Phi) is 7.41. The number of carboxylic acids is 1. The van der Waals surface area contributed by atoms with E-state index >= 15 is 0 Å². The summed E-state index contributed by atoms with van der Waals surface area (Å²) in [5.41, 5.74) is 2.90. The van der Waals surface area contributed by atoms with Crippen molar-refractivity contribution >= 4 is 56.6 Å². The van der Waals surface area contributed by atoms with Crippen LogP contribution in [0.1, 0.15) is 5.56 Å². The summed E-state index contributed by atoms with van der Waals surface area (Å²) in [7, 11) is 0. The number of anilines is 4. The number of hydrogen-bond acceptors (Lipinski definition) is 6. The van der Waals surface area contributed by atoms with Gasteiger partial charge in [0.2, 0.25) is 5.95 Å². The largest absolute Gasteiger partial charge is 0.493 e. The number of carboxylic acid groups (broad SMARTS) is 1.